The maximum absolute atomic E-state index is 12.9. The molecular formula is C27H34F3N5O5S. The number of aliphatic hydroxyl groups is 1. The first kappa shape index (κ1) is 30.7. The van der Waals surface area contributed by atoms with E-state index in [4.69, 9.17) is 4.74 Å². The van der Waals surface area contributed by atoms with Crippen molar-refractivity contribution in [1.29, 1.82) is 0 Å². The summed E-state index contributed by atoms with van der Waals surface area (Å²) in [5, 5.41) is 19.4. The third-order valence-electron chi connectivity index (χ3n) is 7.01. The Labute approximate surface area is 239 Å². The summed E-state index contributed by atoms with van der Waals surface area (Å²) < 4.78 is 43.8. The molecule has 0 atom stereocenters. The highest BCUT2D eigenvalue weighted by Gasteiger charge is 2.41. The van der Waals surface area contributed by atoms with Gasteiger partial charge in [0, 0.05) is 30.9 Å². The molecule has 0 unspecified atom stereocenters. The van der Waals surface area contributed by atoms with Crippen LogP contribution in [0.15, 0.2) is 30.5 Å². The number of rotatable bonds is 7. The summed E-state index contributed by atoms with van der Waals surface area (Å²) in [7, 11) is 0. The molecule has 1 saturated carbocycles. The van der Waals surface area contributed by atoms with Crippen LogP contribution >= 0.6 is 11.3 Å². The van der Waals surface area contributed by atoms with E-state index in [1.807, 2.05) is 0 Å². The number of benzene rings is 1. The summed E-state index contributed by atoms with van der Waals surface area (Å²) in [6, 6.07) is 4.17. The van der Waals surface area contributed by atoms with Crippen molar-refractivity contribution in [3.63, 3.8) is 0 Å². The molecule has 1 aliphatic carbocycles. The highest BCUT2D eigenvalue weighted by Crippen LogP contribution is 2.42. The van der Waals surface area contributed by atoms with Crippen molar-refractivity contribution in [2.75, 3.05) is 25.0 Å². The molecule has 1 aromatic heterocycles. The number of nitrogens with zero attached hydrogens (tertiary/aromatic N) is 2. The Hall–Kier alpha value is -3.23. The summed E-state index contributed by atoms with van der Waals surface area (Å²) in [5.41, 5.74) is -2.77. The van der Waals surface area contributed by atoms with Gasteiger partial charge in [0.05, 0.1) is 23.0 Å². The van der Waals surface area contributed by atoms with Crippen molar-refractivity contribution in [3.05, 3.63) is 46.5 Å². The van der Waals surface area contributed by atoms with Crippen molar-refractivity contribution in [3.8, 4) is 0 Å². The van der Waals surface area contributed by atoms with Gasteiger partial charge in [-0.2, -0.15) is 13.2 Å². The third kappa shape index (κ3) is 8.17. The minimum Gasteiger partial charge on any atom is -0.444 e. The van der Waals surface area contributed by atoms with E-state index >= 15 is 0 Å². The lowest BCUT2D eigenvalue weighted by Gasteiger charge is -2.48. The van der Waals surface area contributed by atoms with Crippen LogP contribution in [0.2, 0.25) is 0 Å². The second kappa shape index (κ2) is 11.9. The molecule has 4 rings (SSSR count). The van der Waals surface area contributed by atoms with E-state index in [1.165, 1.54) is 17.4 Å². The Morgan fingerprint density at radius 1 is 1.17 bits per heavy atom. The number of nitrogens with one attached hydrogen (secondary N) is 3. The summed E-state index contributed by atoms with van der Waals surface area (Å²) in [6.45, 7) is 6.21. The van der Waals surface area contributed by atoms with Gasteiger partial charge in [-0.25, -0.2) is 9.78 Å². The molecule has 10 nitrogen and oxygen atoms in total. The summed E-state index contributed by atoms with van der Waals surface area (Å²) >= 11 is 1.22. The highest BCUT2D eigenvalue weighted by atomic mass is 32.1. The van der Waals surface area contributed by atoms with Crippen LogP contribution in [0.5, 0.6) is 0 Å². The van der Waals surface area contributed by atoms with Crippen molar-refractivity contribution in [1.82, 2.24) is 20.5 Å². The lowest BCUT2D eigenvalue weighted by Crippen LogP contribution is -2.63. The number of aromatic nitrogens is 1. The predicted octanol–water partition coefficient (Wildman–Crippen LogP) is 3.87. The standard InChI is InChI=1S/C27H34F3N5O5S/c1-25(2,3)40-24(38)34-23-32-12-20(41-23)26(39)9-7-19(8-10-26)35-14-18(15-35)33-21(36)13-31-22(37)16-5-4-6-17(11-16)27(28,29)30/h4-6,11-12,18-19,39H,7-10,13-15H2,1-3H3,(H,31,37)(H,33,36)(H,32,34,38). The molecule has 2 fully saturated rings. The van der Waals surface area contributed by atoms with Gasteiger partial charge < -0.3 is 20.5 Å². The topological polar surface area (TPSA) is 133 Å². The molecule has 1 aliphatic heterocycles. The number of hydrogen-bond acceptors (Lipinski definition) is 8. The van der Waals surface area contributed by atoms with Gasteiger partial charge in [0.1, 0.15) is 11.2 Å². The molecule has 14 heteroatoms. The van der Waals surface area contributed by atoms with Crippen LogP contribution in [0.25, 0.3) is 0 Å². The van der Waals surface area contributed by atoms with Gasteiger partial charge in [0.2, 0.25) is 5.91 Å². The zero-order chi connectivity index (χ0) is 30.0. The SMILES string of the molecule is CC(C)(C)OC(=O)Nc1ncc(C2(O)CCC(N3CC(NC(=O)CNC(=O)c4cccc(C(F)(F)F)c4)C3)CC2)s1. The Balaban J connectivity index is 1.17. The molecule has 0 bridgehead atoms. The fourth-order valence-electron chi connectivity index (χ4n) is 4.91. The quantitative estimate of drug-likeness (QED) is 0.381. The number of hydrogen-bond donors (Lipinski definition) is 4. The van der Waals surface area contributed by atoms with E-state index in [2.05, 4.69) is 25.8 Å². The van der Waals surface area contributed by atoms with Crippen molar-refractivity contribution in [2.24, 2.45) is 0 Å². The van der Waals surface area contributed by atoms with Crippen LogP contribution < -0.4 is 16.0 Å². The van der Waals surface area contributed by atoms with Gasteiger partial charge >= 0.3 is 12.3 Å². The largest absolute Gasteiger partial charge is 0.444 e. The molecule has 41 heavy (non-hydrogen) atoms. The Bertz CT molecular complexity index is 1260. The fourth-order valence-corrected chi connectivity index (χ4v) is 5.86. The van der Waals surface area contributed by atoms with Crippen molar-refractivity contribution >= 4 is 34.4 Å². The maximum Gasteiger partial charge on any atom is 0.416 e. The van der Waals surface area contributed by atoms with Crippen molar-refractivity contribution < 1.29 is 37.4 Å². The number of carbonyl (C=O) groups excluding carboxylic acids is 3. The average Bonchev–Trinajstić information content (AvgIpc) is 3.33. The summed E-state index contributed by atoms with van der Waals surface area (Å²) in [5.74, 6) is -1.18. The van der Waals surface area contributed by atoms with Crippen LogP contribution in [0, 0.1) is 0 Å². The van der Waals surface area contributed by atoms with E-state index in [1.54, 1.807) is 27.0 Å². The highest BCUT2D eigenvalue weighted by molar-refractivity contribution is 7.15. The number of likely N-dealkylation sites (tertiary alicyclic amines) is 1. The molecule has 4 N–H and O–H groups in total. The number of ether oxygens (including phenoxy) is 1. The fraction of sp³-hybridized carbons (Fsp3) is 0.556. The Kier molecular flexibility index (Phi) is 8.95. The normalized spacial score (nSPS) is 22.0. The maximum atomic E-state index is 12.9. The van der Waals surface area contributed by atoms with Crippen LogP contribution in [-0.2, 0) is 21.3 Å². The Morgan fingerprint density at radius 2 is 1.85 bits per heavy atom. The molecule has 1 aromatic carbocycles. The number of halogens is 3. The van der Waals surface area contributed by atoms with Gasteiger partial charge in [-0.15, -0.1) is 0 Å². The van der Waals surface area contributed by atoms with E-state index in [-0.39, 0.29) is 24.2 Å². The van der Waals surface area contributed by atoms with Gasteiger partial charge in [0.15, 0.2) is 5.13 Å². The van der Waals surface area contributed by atoms with Crippen molar-refractivity contribution in [2.45, 2.75) is 75.9 Å². The smallest absolute Gasteiger partial charge is 0.416 e. The van der Waals surface area contributed by atoms with E-state index in [9.17, 15) is 32.7 Å². The van der Waals surface area contributed by atoms with E-state index in [0.717, 1.165) is 31.0 Å². The Morgan fingerprint density at radius 3 is 2.49 bits per heavy atom. The monoisotopic (exact) mass is 597 g/mol. The second-order valence-electron chi connectivity index (χ2n) is 11.4. The summed E-state index contributed by atoms with van der Waals surface area (Å²) in [4.78, 5) is 43.6. The molecule has 1 saturated heterocycles. The molecule has 224 valence electrons. The number of anilines is 1. The molecule has 2 aliphatic rings. The second-order valence-corrected chi connectivity index (χ2v) is 12.4. The lowest BCUT2D eigenvalue weighted by atomic mass is 9.80. The third-order valence-corrected chi connectivity index (χ3v) is 8.11. The number of amides is 3. The number of thiazole rings is 1. The van der Waals surface area contributed by atoms with Crippen LogP contribution in [0.4, 0.5) is 23.1 Å². The van der Waals surface area contributed by atoms with Crippen LogP contribution in [0.1, 0.15) is 67.3 Å². The average molecular weight is 598 g/mol. The zero-order valence-electron chi connectivity index (χ0n) is 23.0. The molecule has 0 spiro atoms. The van der Waals surface area contributed by atoms with Gasteiger partial charge in [-0.1, -0.05) is 17.4 Å². The van der Waals surface area contributed by atoms with E-state index in [0.29, 0.717) is 35.9 Å². The first-order chi connectivity index (χ1) is 19.1. The van der Waals surface area contributed by atoms with Gasteiger partial charge in [-0.3, -0.25) is 19.8 Å². The molecule has 0 radical (unpaired) electrons. The van der Waals surface area contributed by atoms with Crippen LogP contribution in [-0.4, -0.2) is 70.2 Å². The molecule has 3 amide bonds. The van der Waals surface area contributed by atoms with Crippen LogP contribution in [0.3, 0.4) is 0 Å². The minimum absolute atomic E-state index is 0.100. The summed E-state index contributed by atoms with van der Waals surface area (Å²) in [6.07, 6.45) is -1.04. The zero-order valence-corrected chi connectivity index (χ0v) is 23.8. The minimum atomic E-state index is -4.56. The predicted molar refractivity (Wildman–Crippen MR) is 145 cm³/mol. The number of carbonyl (C=O) groups is 3. The van der Waals surface area contributed by atoms with Gasteiger partial charge in [-0.05, 0) is 64.7 Å². The van der Waals surface area contributed by atoms with Gasteiger partial charge in [0.25, 0.3) is 5.91 Å². The number of alkyl halides is 3. The first-order valence-electron chi connectivity index (χ1n) is 13.3. The lowest BCUT2D eigenvalue weighted by molar-refractivity contribution is -0.137. The van der Waals surface area contributed by atoms with E-state index < -0.39 is 40.8 Å². The first-order valence-corrected chi connectivity index (χ1v) is 14.1. The molecule has 2 aromatic rings. The molecular weight excluding hydrogens is 563 g/mol. The molecule has 2 heterocycles.